The van der Waals surface area contributed by atoms with Gasteiger partial charge in [0.05, 0.1) is 12.1 Å². The maximum atomic E-state index is 12.4. The zero-order chi connectivity index (χ0) is 18.6. The highest BCUT2D eigenvalue weighted by molar-refractivity contribution is 6.10. The van der Waals surface area contributed by atoms with Crippen LogP contribution in [0.2, 0.25) is 0 Å². The molecule has 25 heavy (non-hydrogen) atoms. The first-order chi connectivity index (χ1) is 11.9. The zero-order valence-electron chi connectivity index (χ0n) is 15.2. The number of benzene rings is 1. The number of carboxylic acids is 1. The summed E-state index contributed by atoms with van der Waals surface area (Å²) in [6.07, 6.45) is 0.674. The van der Waals surface area contributed by atoms with Crippen LogP contribution >= 0.6 is 0 Å². The van der Waals surface area contributed by atoms with Crippen LogP contribution in [-0.4, -0.2) is 47.9 Å². The summed E-state index contributed by atoms with van der Waals surface area (Å²) in [6, 6.07) is 6.71. The molecule has 1 aliphatic rings. The molecule has 1 heterocycles. The SMILES string of the molecule is CCC1=C(C(=NC)N[C@@H](C)c2ccc(C(=O)O)cc2)CN(CC)C1=O. The Bertz CT molecular complexity index is 720. The van der Waals surface area contributed by atoms with Crippen LogP contribution in [0.15, 0.2) is 40.4 Å². The van der Waals surface area contributed by atoms with E-state index in [9.17, 15) is 9.59 Å². The normalized spacial score (nSPS) is 16.4. The van der Waals surface area contributed by atoms with E-state index in [-0.39, 0.29) is 17.5 Å². The smallest absolute Gasteiger partial charge is 0.335 e. The molecule has 134 valence electrons. The molecule has 0 saturated carbocycles. The van der Waals surface area contributed by atoms with Gasteiger partial charge in [0.1, 0.15) is 5.84 Å². The van der Waals surface area contributed by atoms with Gasteiger partial charge in [-0.3, -0.25) is 9.79 Å². The lowest BCUT2D eigenvalue weighted by molar-refractivity contribution is -0.125. The van der Waals surface area contributed by atoms with Gasteiger partial charge < -0.3 is 15.3 Å². The molecule has 0 fully saturated rings. The monoisotopic (exact) mass is 343 g/mol. The summed E-state index contributed by atoms with van der Waals surface area (Å²) >= 11 is 0. The van der Waals surface area contributed by atoms with Gasteiger partial charge in [0.25, 0.3) is 5.91 Å². The summed E-state index contributed by atoms with van der Waals surface area (Å²) in [5, 5.41) is 12.4. The topological polar surface area (TPSA) is 82.0 Å². The highest BCUT2D eigenvalue weighted by Crippen LogP contribution is 2.23. The third-order valence-electron chi connectivity index (χ3n) is 4.51. The van der Waals surface area contributed by atoms with Crippen molar-refractivity contribution >= 4 is 17.7 Å². The second-order valence-corrected chi connectivity index (χ2v) is 6.00. The number of aromatic carboxylic acids is 1. The highest BCUT2D eigenvalue weighted by atomic mass is 16.4. The molecule has 6 nitrogen and oxygen atoms in total. The van der Waals surface area contributed by atoms with Gasteiger partial charge >= 0.3 is 5.97 Å². The number of hydrogen-bond acceptors (Lipinski definition) is 3. The van der Waals surface area contributed by atoms with Crippen LogP contribution in [-0.2, 0) is 4.79 Å². The largest absolute Gasteiger partial charge is 0.478 e. The second-order valence-electron chi connectivity index (χ2n) is 6.00. The summed E-state index contributed by atoms with van der Waals surface area (Å²) in [4.78, 5) is 29.5. The van der Waals surface area contributed by atoms with Crippen LogP contribution in [0.3, 0.4) is 0 Å². The Kier molecular flexibility index (Phi) is 5.96. The Morgan fingerprint density at radius 1 is 1.32 bits per heavy atom. The van der Waals surface area contributed by atoms with Crippen molar-refractivity contribution in [3.05, 3.63) is 46.5 Å². The molecular weight excluding hydrogens is 318 g/mol. The molecule has 0 saturated heterocycles. The summed E-state index contributed by atoms with van der Waals surface area (Å²) in [7, 11) is 1.71. The molecule has 0 bridgehead atoms. The first-order valence-electron chi connectivity index (χ1n) is 8.51. The van der Waals surface area contributed by atoms with E-state index < -0.39 is 5.97 Å². The van der Waals surface area contributed by atoms with Crippen molar-refractivity contribution in [2.75, 3.05) is 20.1 Å². The molecule has 0 aromatic heterocycles. The van der Waals surface area contributed by atoms with Crippen LogP contribution < -0.4 is 5.32 Å². The van der Waals surface area contributed by atoms with Crippen LogP contribution in [0, 0.1) is 0 Å². The van der Waals surface area contributed by atoms with E-state index in [1.165, 1.54) is 0 Å². The lowest BCUT2D eigenvalue weighted by atomic mass is 10.0. The van der Waals surface area contributed by atoms with Crippen LogP contribution in [0.5, 0.6) is 0 Å². The third-order valence-corrected chi connectivity index (χ3v) is 4.51. The number of rotatable bonds is 6. The van der Waals surface area contributed by atoms with Gasteiger partial charge in [-0.15, -0.1) is 0 Å². The number of hydrogen-bond donors (Lipinski definition) is 2. The minimum atomic E-state index is -0.940. The maximum absolute atomic E-state index is 12.4. The van der Waals surface area contributed by atoms with E-state index in [1.54, 1.807) is 31.3 Å². The van der Waals surface area contributed by atoms with E-state index in [0.29, 0.717) is 19.5 Å². The van der Waals surface area contributed by atoms with Crippen molar-refractivity contribution in [3.63, 3.8) is 0 Å². The Morgan fingerprint density at radius 2 is 1.96 bits per heavy atom. The molecule has 0 unspecified atom stereocenters. The van der Waals surface area contributed by atoms with E-state index in [0.717, 1.165) is 22.5 Å². The van der Waals surface area contributed by atoms with Crippen molar-refractivity contribution in [1.29, 1.82) is 0 Å². The fourth-order valence-corrected chi connectivity index (χ4v) is 3.01. The van der Waals surface area contributed by atoms with E-state index in [2.05, 4.69) is 10.3 Å². The predicted octanol–water partition coefficient (Wildman–Crippen LogP) is 2.63. The number of carbonyl (C=O) groups excluding carboxylic acids is 1. The lowest BCUT2D eigenvalue weighted by Gasteiger charge is -2.19. The second kappa shape index (κ2) is 7.96. The molecule has 0 aliphatic carbocycles. The van der Waals surface area contributed by atoms with E-state index in [1.807, 2.05) is 25.7 Å². The maximum Gasteiger partial charge on any atom is 0.335 e. The van der Waals surface area contributed by atoms with E-state index in [4.69, 9.17) is 5.11 Å². The van der Waals surface area contributed by atoms with Crippen molar-refractivity contribution < 1.29 is 14.7 Å². The van der Waals surface area contributed by atoms with Crippen molar-refractivity contribution in [1.82, 2.24) is 10.2 Å². The molecule has 1 aliphatic heterocycles. The third kappa shape index (κ3) is 3.90. The van der Waals surface area contributed by atoms with Crippen LogP contribution in [0.4, 0.5) is 0 Å². The van der Waals surface area contributed by atoms with Crippen molar-refractivity contribution in [3.8, 4) is 0 Å². The number of likely N-dealkylation sites (N-methyl/N-ethyl adjacent to an activating group) is 1. The quantitative estimate of drug-likeness (QED) is 0.614. The Balaban J connectivity index is 2.20. The number of nitrogens with zero attached hydrogens (tertiary/aromatic N) is 2. The molecule has 6 heteroatoms. The number of amides is 1. The molecule has 0 spiro atoms. The fourth-order valence-electron chi connectivity index (χ4n) is 3.01. The highest BCUT2D eigenvalue weighted by Gasteiger charge is 2.30. The Labute approximate surface area is 148 Å². The van der Waals surface area contributed by atoms with Crippen LogP contribution in [0.1, 0.15) is 49.2 Å². The van der Waals surface area contributed by atoms with E-state index >= 15 is 0 Å². The van der Waals surface area contributed by atoms with Gasteiger partial charge in [-0.05, 0) is 38.0 Å². The molecule has 1 aromatic carbocycles. The lowest BCUT2D eigenvalue weighted by Crippen LogP contribution is -2.31. The summed E-state index contributed by atoms with van der Waals surface area (Å²) < 4.78 is 0. The van der Waals surface area contributed by atoms with Gasteiger partial charge in [0, 0.05) is 30.8 Å². The molecule has 1 amide bonds. The molecule has 0 radical (unpaired) electrons. The predicted molar refractivity (Wildman–Crippen MR) is 97.9 cm³/mol. The fraction of sp³-hybridized carbons (Fsp3) is 0.421. The minimum absolute atomic E-state index is 0.0575. The summed E-state index contributed by atoms with van der Waals surface area (Å²) in [6.45, 7) is 7.18. The standard InChI is InChI=1S/C19H25N3O3/c1-5-15-16(11-22(6-2)18(15)23)17(20-4)21-12(3)13-7-9-14(10-8-13)19(24)25/h7-10,12H,5-6,11H2,1-4H3,(H,20,21)(H,24,25)/t12-/m0/s1. The Morgan fingerprint density at radius 3 is 2.44 bits per heavy atom. The molecule has 2 N–H and O–H groups in total. The number of nitrogens with one attached hydrogen (secondary N) is 1. The van der Waals surface area contributed by atoms with Gasteiger partial charge in [-0.2, -0.15) is 0 Å². The van der Waals surface area contributed by atoms with Gasteiger partial charge in [0.15, 0.2) is 0 Å². The first kappa shape index (κ1) is 18.7. The van der Waals surface area contributed by atoms with Crippen molar-refractivity contribution in [2.24, 2.45) is 4.99 Å². The van der Waals surface area contributed by atoms with Crippen LogP contribution in [0.25, 0.3) is 0 Å². The number of carboxylic acid groups (broad SMARTS) is 1. The van der Waals surface area contributed by atoms with Crippen molar-refractivity contribution in [2.45, 2.75) is 33.2 Å². The minimum Gasteiger partial charge on any atom is -0.478 e. The average Bonchev–Trinajstić information content (AvgIpc) is 2.94. The molecule has 1 atom stereocenters. The number of aliphatic imine (C=N–C) groups is 1. The zero-order valence-corrected chi connectivity index (χ0v) is 15.2. The molecule has 2 rings (SSSR count). The molecule has 1 aromatic rings. The number of carbonyl (C=O) groups is 2. The van der Waals surface area contributed by atoms with Gasteiger partial charge in [0.2, 0.25) is 0 Å². The van der Waals surface area contributed by atoms with Gasteiger partial charge in [-0.1, -0.05) is 19.1 Å². The Hall–Kier alpha value is -2.63. The number of amidine groups is 1. The first-order valence-corrected chi connectivity index (χ1v) is 8.51. The molecular formula is C19H25N3O3. The average molecular weight is 343 g/mol. The summed E-state index contributed by atoms with van der Waals surface area (Å²) in [5.74, 6) is -0.137. The van der Waals surface area contributed by atoms with Gasteiger partial charge in [-0.25, -0.2) is 4.79 Å². The summed E-state index contributed by atoms with van der Waals surface area (Å²) in [5.41, 5.74) is 2.98.